The molecule has 0 saturated carbocycles. The first-order valence-electron chi connectivity index (χ1n) is 9.20. The fourth-order valence-electron chi connectivity index (χ4n) is 4.11. The van der Waals surface area contributed by atoms with Crippen LogP contribution in [0.1, 0.15) is 25.0 Å². The van der Waals surface area contributed by atoms with Crippen molar-refractivity contribution in [3.05, 3.63) is 71.5 Å². The normalized spacial score (nSPS) is 22.8. The lowest BCUT2D eigenvalue weighted by atomic mass is 9.87. The molecule has 1 saturated heterocycles. The van der Waals surface area contributed by atoms with Gasteiger partial charge in [-0.1, -0.05) is 19.2 Å². The summed E-state index contributed by atoms with van der Waals surface area (Å²) >= 11 is 0. The van der Waals surface area contributed by atoms with E-state index in [2.05, 4.69) is 72.6 Å². The molecule has 3 aliphatic rings. The minimum atomic E-state index is 0.444. The molecule has 25 heavy (non-hydrogen) atoms. The molecule has 1 N–H and O–H groups in total. The van der Waals surface area contributed by atoms with Gasteiger partial charge < -0.3 is 15.1 Å². The van der Waals surface area contributed by atoms with E-state index >= 15 is 0 Å². The summed E-state index contributed by atoms with van der Waals surface area (Å²) in [7, 11) is 0. The van der Waals surface area contributed by atoms with Crippen LogP contribution in [0.5, 0.6) is 0 Å². The van der Waals surface area contributed by atoms with Gasteiger partial charge in [-0.05, 0) is 60.8 Å². The first-order valence-corrected chi connectivity index (χ1v) is 9.20. The van der Waals surface area contributed by atoms with Crippen LogP contribution >= 0.6 is 0 Å². The molecule has 4 rings (SSSR count). The Balaban J connectivity index is 1.71. The molecule has 130 valence electrons. The molecule has 3 nitrogen and oxygen atoms in total. The molecule has 1 unspecified atom stereocenters. The van der Waals surface area contributed by atoms with Gasteiger partial charge in [0.05, 0.1) is 0 Å². The lowest BCUT2D eigenvalue weighted by Gasteiger charge is -2.40. The molecule has 3 heterocycles. The van der Waals surface area contributed by atoms with Crippen LogP contribution in [-0.4, -0.2) is 37.1 Å². The highest BCUT2D eigenvalue weighted by Gasteiger charge is 2.29. The third kappa shape index (κ3) is 2.83. The van der Waals surface area contributed by atoms with Crippen molar-refractivity contribution >= 4 is 11.4 Å². The first kappa shape index (κ1) is 16.2. The number of nitrogens with zero attached hydrogens (tertiary/aromatic N) is 2. The molecule has 1 aromatic carbocycles. The van der Waals surface area contributed by atoms with Crippen molar-refractivity contribution in [2.24, 2.45) is 0 Å². The van der Waals surface area contributed by atoms with Crippen LogP contribution in [0.25, 0.3) is 5.70 Å². The Bertz CT molecular complexity index is 793. The second kappa shape index (κ2) is 6.23. The zero-order chi connectivity index (χ0) is 17.6. The number of anilines is 1. The summed E-state index contributed by atoms with van der Waals surface area (Å²) in [5.74, 6) is 0. The van der Waals surface area contributed by atoms with Crippen molar-refractivity contribution in [3.8, 4) is 0 Å². The Labute approximate surface area is 151 Å². The summed E-state index contributed by atoms with van der Waals surface area (Å²) in [5, 5.41) is 3.43. The summed E-state index contributed by atoms with van der Waals surface area (Å²) in [5.41, 5.74) is 8.72. The molecule has 3 heteroatoms. The molecule has 3 aliphatic heterocycles. The maximum atomic E-state index is 4.25. The maximum Gasteiger partial charge on any atom is 0.0491 e. The largest absolute Gasteiger partial charge is 0.369 e. The fourth-order valence-corrected chi connectivity index (χ4v) is 4.11. The molecule has 1 aromatic rings. The van der Waals surface area contributed by atoms with Gasteiger partial charge >= 0.3 is 0 Å². The van der Waals surface area contributed by atoms with E-state index < -0.39 is 0 Å². The van der Waals surface area contributed by atoms with Gasteiger partial charge in [-0.15, -0.1) is 0 Å². The molecule has 1 atom stereocenters. The van der Waals surface area contributed by atoms with Crippen molar-refractivity contribution in [3.63, 3.8) is 0 Å². The van der Waals surface area contributed by atoms with Crippen LogP contribution in [0, 0.1) is 0 Å². The first-order chi connectivity index (χ1) is 12.0. The highest BCUT2D eigenvalue weighted by atomic mass is 15.2. The van der Waals surface area contributed by atoms with Crippen LogP contribution in [0.15, 0.2) is 60.4 Å². The molecular weight excluding hydrogens is 306 g/mol. The van der Waals surface area contributed by atoms with E-state index in [4.69, 9.17) is 0 Å². The number of benzene rings is 1. The van der Waals surface area contributed by atoms with Gasteiger partial charge in [-0.2, -0.15) is 0 Å². The molecular formula is C22H27N3. The maximum absolute atomic E-state index is 4.25. The summed E-state index contributed by atoms with van der Waals surface area (Å²) < 4.78 is 0. The summed E-state index contributed by atoms with van der Waals surface area (Å²) in [4.78, 5) is 4.88. The van der Waals surface area contributed by atoms with Gasteiger partial charge in [0, 0.05) is 55.4 Å². The van der Waals surface area contributed by atoms with Crippen molar-refractivity contribution in [1.82, 2.24) is 10.2 Å². The molecule has 0 aromatic heterocycles. The minimum Gasteiger partial charge on any atom is -0.369 e. The average Bonchev–Trinajstić information content (AvgIpc) is 2.61. The van der Waals surface area contributed by atoms with E-state index in [0.29, 0.717) is 6.04 Å². The van der Waals surface area contributed by atoms with E-state index in [1.54, 1.807) is 0 Å². The van der Waals surface area contributed by atoms with Crippen molar-refractivity contribution < 1.29 is 0 Å². The SMILES string of the molecule is C=C(C)C1=CN2C(=CC1=C)c1ccc(N3CCNCC3)cc1CC2C. The van der Waals surface area contributed by atoms with E-state index in [1.165, 1.54) is 22.5 Å². The zero-order valence-electron chi connectivity index (χ0n) is 15.3. The average molecular weight is 333 g/mol. The predicted octanol–water partition coefficient (Wildman–Crippen LogP) is 3.71. The number of piperazine rings is 1. The van der Waals surface area contributed by atoms with Crippen LogP contribution in [0.2, 0.25) is 0 Å². The van der Waals surface area contributed by atoms with Gasteiger partial charge in [-0.25, -0.2) is 0 Å². The van der Waals surface area contributed by atoms with Gasteiger partial charge in [-0.3, -0.25) is 0 Å². The minimum absolute atomic E-state index is 0.444. The number of hydrogen-bond acceptors (Lipinski definition) is 3. The third-order valence-corrected chi connectivity index (χ3v) is 5.50. The quantitative estimate of drug-likeness (QED) is 0.890. The van der Waals surface area contributed by atoms with E-state index in [0.717, 1.165) is 49.3 Å². The number of rotatable bonds is 2. The van der Waals surface area contributed by atoms with E-state index in [1.807, 2.05) is 0 Å². The molecule has 0 bridgehead atoms. The second-order valence-corrected chi connectivity index (χ2v) is 7.42. The van der Waals surface area contributed by atoms with Crippen molar-refractivity contribution in [2.75, 3.05) is 31.1 Å². The predicted molar refractivity (Wildman–Crippen MR) is 107 cm³/mol. The Morgan fingerprint density at radius 1 is 1.24 bits per heavy atom. The summed E-state index contributed by atoms with van der Waals surface area (Å²) in [6, 6.07) is 7.42. The lowest BCUT2D eigenvalue weighted by molar-refractivity contribution is 0.388. The van der Waals surface area contributed by atoms with Crippen LogP contribution in [-0.2, 0) is 6.42 Å². The van der Waals surface area contributed by atoms with Crippen LogP contribution in [0.3, 0.4) is 0 Å². The van der Waals surface area contributed by atoms with E-state index in [9.17, 15) is 0 Å². The highest BCUT2D eigenvalue weighted by molar-refractivity contribution is 5.78. The number of fused-ring (bicyclic) bond motifs is 3. The van der Waals surface area contributed by atoms with Crippen molar-refractivity contribution in [2.45, 2.75) is 26.3 Å². The second-order valence-electron chi connectivity index (χ2n) is 7.42. The Hall–Kier alpha value is -2.26. The van der Waals surface area contributed by atoms with Gasteiger partial charge in [0.2, 0.25) is 0 Å². The Morgan fingerprint density at radius 2 is 2.00 bits per heavy atom. The van der Waals surface area contributed by atoms with Crippen LogP contribution < -0.4 is 10.2 Å². The lowest BCUT2D eigenvalue weighted by Crippen LogP contribution is -2.43. The van der Waals surface area contributed by atoms with Gasteiger partial charge in [0.25, 0.3) is 0 Å². The smallest absolute Gasteiger partial charge is 0.0491 e. The van der Waals surface area contributed by atoms with Crippen LogP contribution in [0.4, 0.5) is 5.69 Å². The van der Waals surface area contributed by atoms with Gasteiger partial charge in [0.15, 0.2) is 0 Å². The zero-order valence-corrected chi connectivity index (χ0v) is 15.3. The Kier molecular flexibility index (Phi) is 4.04. The summed E-state index contributed by atoms with van der Waals surface area (Å²) in [6.45, 7) is 17.0. The third-order valence-electron chi connectivity index (χ3n) is 5.50. The molecule has 0 aliphatic carbocycles. The van der Waals surface area contributed by atoms with Gasteiger partial charge in [0.1, 0.15) is 0 Å². The highest BCUT2D eigenvalue weighted by Crippen LogP contribution is 2.40. The monoisotopic (exact) mass is 333 g/mol. The number of allylic oxidation sites excluding steroid dienone is 4. The summed E-state index contributed by atoms with van der Waals surface area (Å²) in [6.07, 6.45) is 5.53. The molecule has 1 fully saturated rings. The fraction of sp³-hybridized carbons (Fsp3) is 0.364. The molecule has 0 amide bonds. The molecule has 0 spiro atoms. The van der Waals surface area contributed by atoms with Crippen molar-refractivity contribution in [1.29, 1.82) is 0 Å². The van der Waals surface area contributed by atoms with E-state index in [-0.39, 0.29) is 0 Å². The Morgan fingerprint density at radius 3 is 2.72 bits per heavy atom. The standard InChI is InChI=1S/C22H27N3/c1-15(2)21-14-25-17(4)12-18-13-19(24-9-7-23-8-10-24)5-6-20(18)22(25)11-16(21)3/h5-6,11,13-14,17,23H,1,3,7-10,12H2,2,4H3. The number of hydrogen-bond donors (Lipinski definition) is 1. The molecule has 0 radical (unpaired) electrons. The topological polar surface area (TPSA) is 18.5 Å². The number of nitrogens with one attached hydrogen (secondary N) is 1.